The van der Waals surface area contributed by atoms with Crippen molar-refractivity contribution >= 4 is 6.21 Å². The monoisotopic (exact) mass is 283 g/mol. The Bertz CT molecular complexity index is 511. The molecule has 0 aliphatic rings. The largest absolute Gasteiger partial charge is 0.494 e. The molecule has 0 heterocycles. The molecule has 0 saturated heterocycles. The molecule has 2 rings (SSSR count). The van der Waals surface area contributed by atoms with Crippen molar-refractivity contribution in [1.82, 2.24) is 0 Å². The van der Waals surface area contributed by atoms with Crippen molar-refractivity contribution in [3.05, 3.63) is 66.2 Å². The number of nitrogens with zero attached hydrogens (tertiary/aromatic N) is 1. The van der Waals surface area contributed by atoms with Crippen LogP contribution in [0.1, 0.15) is 24.8 Å². The fourth-order valence-electron chi connectivity index (χ4n) is 1.84. The first kappa shape index (κ1) is 15.1. The van der Waals surface area contributed by atoms with E-state index in [0.29, 0.717) is 6.61 Å². The summed E-state index contributed by atoms with van der Waals surface area (Å²) >= 11 is 0. The topological polar surface area (TPSA) is 30.8 Å². The van der Waals surface area contributed by atoms with E-state index in [2.05, 4.69) is 5.16 Å². The summed E-state index contributed by atoms with van der Waals surface area (Å²) < 4.78 is 5.62. The van der Waals surface area contributed by atoms with Crippen LogP contribution in [0.15, 0.2) is 65.8 Å². The van der Waals surface area contributed by atoms with Gasteiger partial charge in [0.15, 0.2) is 0 Å². The van der Waals surface area contributed by atoms with Crippen molar-refractivity contribution < 1.29 is 9.57 Å². The summed E-state index contributed by atoms with van der Waals surface area (Å²) in [5.74, 6) is 0.928. The first-order valence-corrected chi connectivity index (χ1v) is 7.31. The molecule has 3 nitrogen and oxygen atoms in total. The molecule has 0 radical (unpaired) electrons. The van der Waals surface area contributed by atoms with E-state index in [9.17, 15) is 0 Å². The first-order chi connectivity index (χ1) is 10.4. The van der Waals surface area contributed by atoms with Gasteiger partial charge in [0.05, 0.1) is 6.61 Å². The molecule has 0 aliphatic carbocycles. The van der Waals surface area contributed by atoms with Crippen molar-refractivity contribution in [2.45, 2.75) is 25.9 Å². The molecule has 0 unspecified atom stereocenters. The SMILES string of the molecule is C(/CCCCOc1ccccc1)=N\OCc1ccccc1. The Balaban J connectivity index is 1.47. The van der Waals surface area contributed by atoms with Crippen LogP contribution in [0.5, 0.6) is 5.75 Å². The number of hydrogen-bond acceptors (Lipinski definition) is 3. The van der Waals surface area contributed by atoms with Gasteiger partial charge in [-0.1, -0.05) is 53.7 Å². The fourth-order valence-corrected chi connectivity index (χ4v) is 1.84. The Labute approximate surface area is 126 Å². The van der Waals surface area contributed by atoms with Gasteiger partial charge in [-0.05, 0) is 37.0 Å². The highest BCUT2D eigenvalue weighted by atomic mass is 16.6. The van der Waals surface area contributed by atoms with Gasteiger partial charge in [0.1, 0.15) is 12.4 Å². The standard InChI is InChI=1S/C18H21NO2/c1-4-10-17(11-5-1)16-21-19-14-8-3-9-15-20-18-12-6-2-7-13-18/h1-2,4-7,10-14H,3,8-9,15-16H2/b19-14+. The summed E-state index contributed by atoms with van der Waals surface area (Å²) in [5, 5.41) is 3.96. The Morgan fingerprint density at radius 1 is 0.857 bits per heavy atom. The fraction of sp³-hybridized carbons (Fsp3) is 0.278. The van der Waals surface area contributed by atoms with Gasteiger partial charge in [-0.25, -0.2) is 0 Å². The highest BCUT2D eigenvalue weighted by molar-refractivity contribution is 5.56. The molecular weight excluding hydrogens is 262 g/mol. The van der Waals surface area contributed by atoms with Gasteiger partial charge in [0.25, 0.3) is 0 Å². The van der Waals surface area contributed by atoms with Gasteiger partial charge in [0, 0.05) is 6.21 Å². The third kappa shape index (κ3) is 6.61. The predicted octanol–water partition coefficient (Wildman–Crippen LogP) is 4.44. The van der Waals surface area contributed by atoms with E-state index >= 15 is 0 Å². The molecule has 0 spiro atoms. The summed E-state index contributed by atoms with van der Waals surface area (Å²) in [6.07, 6.45) is 4.79. The second-order valence-corrected chi connectivity index (χ2v) is 4.70. The molecule has 0 bridgehead atoms. The zero-order valence-corrected chi connectivity index (χ0v) is 12.2. The average molecular weight is 283 g/mol. The van der Waals surface area contributed by atoms with Crippen LogP contribution in [-0.4, -0.2) is 12.8 Å². The van der Waals surface area contributed by atoms with E-state index in [1.807, 2.05) is 66.9 Å². The molecule has 2 aromatic rings. The number of para-hydroxylation sites is 1. The average Bonchev–Trinajstić information content (AvgIpc) is 2.55. The van der Waals surface area contributed by atoms with E-state index < -0.39 is 0 Å². The van der Waals surface area contributed by atoms with Crippen LogP contribution in [0.25, 0.3) is 0 Å². The molecule has 0 N–H and O–H groups in total. The van der Waals surface area contributed by atoms with E-state index in [1.54, 1.807) is 0 Å². The Kier molecular flexibility index (Phi) is 6.90. The van der Waals surface area contributed by atoms with Crippen molar-refractivity contribution in [2.75, 3.05) is 6.61 Å². The van der Waals surface area contributed by atoms with Crippen LogP contribution in [0.4, 0.5) is 0 Å². The maximum Gasteiger partial charge on any atom is 0.142 e. The van der Waals surface area contributed by atoms with E-state index in [4.69, 9.17) is 9.57 Å². The van der Waals surface area contributed by atoms with E-state index in [0.717, 1.165) is 37.2 Å². The minimum Gasteiger partial charge on any atom is -0.494 e. The zero-order chi connectivity index (χ0) is 14.6. The third-order valence-corrected chi connectivity index (χ3v) is 2.96. The van der Waals surface area contributed by atoms with Gasteiger partial charge < -0.3 is 9.57 Å². The molecule has 3 heteroatoms. The minimum absolute atomic E-state index is 0.522. The van der Waals surface area contributed by atoms with Crippen LogP contribution in [0.3, 0.4) is 0 Å². The number of unbranched alkanes of at least 4 members (excludes halogenated alkanes) is 2. The number of oxime groups is 1. The summed E-state index contributed by atoms with van der Waals surface area (Å²) in [7, 11) is 0. The summed E-state index contributed by atoms with van der Waals surface area (Å²) in [6, 6.07) is 19.9. The van der Waals surface area contributed by atoms with Crippen molar-refractivity contribution in [1.29, 1.82) is 0 Å². The van der Waals surface area contributed by atoms with Gasteiger partial charge in [-0.15, -0.1) is 0 Å². The molecule has 0 saturated carbocycles. The van der Waals surface area contributed by atoms with E-state index in [-0.39, 0.29) is 0 Å². The minimum atomic E-state index is 0.522. The molecule has 21 heavy (non-hydrogen) atoms. The van der Waals surface area contributed by atoms with Crippen LogP contribution in [-0.2, 0) is 11.4 Å². The van der Waals surface area contributed by atoms with Gasteiger partial charge >= 0.3 is 0 Å². The summed E-state index contributed by atoms with van der Waals surface area (Å²) in [5.41, 5.74) is 1.13. The van der Waals surface area contributed by atoms with Crippen LogP contribution in [0.2, 0.25) is 0 Å². The third-order valence-electron chi connectivity index (χ3n) is 2.96. The van der Waals surface area contributed by atoms with Crippen molar-refractivity contribution in [3.8, 4) is 5.75 Å². The van der Waals surface area contributed by atoms with Gasteiger partial charge in [-0.2, -0.15) is 0 Å². The molecule has 0 atom stereocenters. The van der Waals surface area contributed by atoms with Crippen LogP contribution < -0.4 is 4.74 Å². The van der Waals surface area contributed by atoms with Crippen LogP contribution in [0, 0.1) is 0 Å². The van der Waals surface area contributed by atoms with Gasteiger partial charge in [0.2, 0.25) is 0 Å². The molecule has 0 aliphatic heterocycles. The molecule has 110 valence electrons. The second-order valence-electron chi connectivity index (χ2n) is 4.70. The van der Waals surface area contributed by atoms with Crippen molar-refractivity contribution in [2.24, 2.45) is 5.16 Å². The van der Waals surface area contributed by atoms with Crippen LogP contribution >= 0.6 is 0 Å². The number of ether oxygens (including phenoxy) is 1. The Hall–Kier alpha value is -2.29. The Morgan fingerprint density at radius 3 is 2.33 bits per heavy atom. The number of benzene rings is 2. The molecule has 0 amide bonds. The van der Waals surface area contributed by atoms with E-state index in [1.165, 1.54) is 0 Å². The second kappa shape index (κ2) is 9.59. The highest BCUT2D eigenvalue weighted by Crippen LogP contribution is 2.09. The number of rotatable bonds is 9. The molecular formula is C18H21NO2. The lowest BCUT2D eigenvalue weighted by Crippen LogP contribution is -1.97. The number of hydrogen-bond donors (Lipinski definition) is 0. The highest BCUT2D eigenvalue weighted by Gasteiger charge is 1.92. The zero-order valence-electron chi connectivity index (χ0n) is 12.2. The first-order valence-electron chi connectivity index (χ1n) is 7.31. The predicted molar refractivity (Wildman–Crippen MR) is 85.5 cm³/mol. The normalized spacial score (nSPS) is 10.7. The lowest BCUT2D eigenvalue weighted by Gasteiger charge is -2.04. The lowest BCUT2D eigenvalue weighted by atomic mass is 10.2. The quantitative estimate of drug-likeness (QED) is 0.387. The molecule has 0 fully saturated rings. The molecule has 2 aromatic carbocycles. The van der Waals surface area contributed by atoms with Crippen molar-refractivity contribution in [3.63, 3.8) is 0 Å². The Morgan fingerprint density at radius 2 is 1.57 bits per heavy atom. The van der Waals surface area contributed by atoms with Gasteiger partial charge in [-0.3, -0.25) is 0 Å². The maximum atomic E-state index is 5.62. The maximum absolute atomic E-state index is 5.62. The molecule has 0 aromatic heterocycles. The lowest BCUT2D eigenvalue weighted by molar-refractivity contribution is 0.131. The summed E-state index contributed by atoms with van der Waals surface area (Å²) in [6.45, 7) is 1.26. The summed E-state index contributed by atoms with van der Waals surface area (Å²) in [4.78, 5) is 5.23. The smallest absolute Gasteiger partial charge is 0.142 e.